The zero-order chi connectivity index (χ0) is 21.7. The Morgan fingerprint density at radius 3 is 2.23 bits per heavy atom. The summed E-state index contributed by atoms with van der Waals surface area (Å²) >= 11 is 0. The molecule has 1 unspecified atom stereocenters. The number of halogens is 2. The van der Waals surface area contributed by atoms with Crippen molar-refractivity contribution in [1.82, 2.24) is 4.90 Å². The maximum atomic E-state index is 13.4. The van der Waals surface area contributed by atoms with Crippen molar-refractivity contribution < 1.29 is 18.5 Å². The quantitative estimate of drug-likeness (QED) is 0.458. The molecule has 0 aromatic heterocycles. The van der Waals surface area contributed by atoms with Crippen LogP contribution in [-0.4, -0.2) is 29.3 Å². The molecule has 0 aliphatic rings. The lowest BCUT2D eigenvalue weighted by atomic mass is 9.97. The third-order valence-electron chi connectivity index (χ3n) is 4.57. The number of carbonyl (C=O) groups excluding carboxylic acids is 1. The van der Waals surface area contributed by atoms with Gasteiger partial charge < -0.3 is 5.32 Å². The fourth-order valence-corrected chi connectivity index (χ4v) is 3.25. The van der Waals surface area contributed by atoms with Crippen LogP contribution in [-0.2, 0) is 4.79 Å². The first kappa shape index (κ1) is 21.1. The summed E-state index contributed by atoms with van der Waals surface area (Å²) < 4.78 is 26.7. The van der Waals surface area contributed by atoms with Crippen molar-refractivity contribution in [2.45, 2.75) is 6.04 Å². The normalized spacial score (nSPS) is 11.9. The predicted molar refractivity (Wildman–Crippen MR) is 109 cm³/mol. The van der Waals surface area contributed by atoms with E-state index < -0.39 is 22.3 Å². The minimum atomic E-state index is -0.766. The Hall–Kier alpha value is -3.65. The monoisotopic (exact) mass is 411 g/mol. The average Bonchev–Trinajstić information content (AvgIpc) is 2.71. The summed E-state index contributed by atoms with van der Waals surface area (Å²) in [6.07, 6.45) is 0. The highest BCUT2D eigenvalue weighted by molar-refractivity contribution is 5.94. The Morgan fingerprint density at radius 1 is 1.00 bits per heavy atom. The molecule has 0 aliphatic heterocycles. The molecule has 0 saturated heterocycles. The van der Waals surface area contributed by atoms with Crippen LogP contribution in [0.15, 0.2) is 72.8 Å². The molecule has 1 N–H and O–H groups in total. The van der Waals surface area contributed by atoms with Gasteiger partial charge in [-0.25, -0.2) is 8.78 Å². The van der Waals surface area contributed by atoms with E-state index in [9.17, 15) is 23.7 Å². The van der Waals surface area contributed by atoms with Crippen molar-refractivity contribution in [3.05, 3.63) is 106 Å². The van der Waals surface area contributed by atoms with E-state index in [2.05, 4.69) is 5.32 Å². The molecule has 30 heavy (non-hydrogen) atoms. The summed E-state index contributed by atoms with van der Waals surface area (Å²) in [4.78, 5) is 24.7. The van der Waals surface area contributed by atoms with E-state index >= 15 is 0 Å². The van der Waals surface area contributed by atoms with Gasteiger partial charge in [0, 0.05) is 0 Å². The van der Waals surface area contributed by atoms with Gasteiger partial charge in [-0.1, -0.05) is 42.5 Å². The summed E-state index contributed by atoms with van der Waals surface area (Å²) in [6, 6.07) is 18.0. The van der Waals surface area contributed by atoms with Crippen molar-refractivity contribution in [3.63, 3.8) is 0 Å². The van der Waals surface area contributed by atoms with Crippen LogP contribution in [0.4, 0.5) is 20.2 Å². The third-order valence-corrected chi connectivity index (χ3v) is 4.57. The Labute approximate surface area is 171 Å². The van der Waals surface area contributed by atoms with E-state index in [0.717, 1.165) is 29.3 Å². The number of nitrogens with zero attached hydrogens (tertiary/aromatic N) is 2. The first-order valence-electron chi connectivity index (χ1n) is 9.09. The number of nitrogens with one attached hydrogen (secondary N) is 1. The molecule has 1 atom stereocenters. The van der Waals surface area contributed by atoms with Gasteiger partial charge in [-0.2, -0.15) is 0 Å². The summed E-state index contributed by atoms with van der Waals surface area (Å²) in [6.45, 7) is -0.106. The molecule has 0 fully saturated rings. The van der Waals surface area contributed by atoms with Gasteiger partial charge in [0.15, 0.2) is 0 Å². The van der Waals surface area contributed by atoms with Crippen molar-refractivity contribution in [3.8, 4) is 0 Å². The van der Waals surface area contributed by atoms with E-state index in [1.165, 1.54) is 12.1 Å². The van der Waals surface area contributed by atoms with Crippen LogP contribution < -0.4 is 5.32 Å². The molecular weight excluding hydrogens is 392 g/mol. The number of nitro groups is 1. The van der Waals surface area contributed by atoms with Gasteiger partial charge in [-0.05, 0) is 42.4 Å². The second kappa shape index (κ2) is 9.23. The Kier molecular flexibility index (Phi) is 6.48. The van der Waals surface area contributed by atoms with E-state index in [4.69, 9.17) is 0 Å². The highest BCUT2D eigenvalue weighted by Crippen LogP contribution is 2.28. The fourth-order valence-electron chi connectivity index (χ4n) is 3.25. The number of likely N-dealkylation sites (N-methyl/N-ethyl adjacent to an activating group) is 1. The molecule has 1 amide bonds. The Bertz CT molecular complexity index is 1040. The maximum Gasteiger partial charge on any atom is 0.295 e. The van der Waals surface area contributed by atoms with Gasteiger partial charge in [0.05, 0.1) is 23.6 Å². The van der Waals surface area contributed by atoms with Crippen molar-refractivity contribution in [1.29, 1.82) is 0 Å². The van der Waals surface area contributed by atoms with Crippen molar-refractivity contribution >= 4 is 17.3 Å². The molecule has 6 nitrogen and oxygen atoms in total. The van der Waals surface area contributed by atoms with Gasteiger partial charge >= 0.3 is 0 Å². The van der Waals surface area contributed by atoms with E-state index in [1.807, 2.05) is 30.3 Å². The van der Waals surface area contributed by atoms with Crippen LogP contribution in [0.1, 0.15) is 17.2 Å². The molecule has 3 aromatic carbocycles. The van der Waals surface area contributed by atoms with Gasteiger partial charge in [-0.3, -0.25) is 19.8 Å². The summed E-state index contributed by atoms with van der Waals surface area (Å²) in [7, 11) is 1.72. The summed E-state index contributed by atoms with van der Waals surface area (Å²) in [5.41, 5.74) is 1.07. The topological polar surface area (TPSA) is 75.5 Å². The highest BCUT2D eigenvalue weighted by Gasteiger charge is 2.23. The number of rotatable bonds is 7. The molecular formula is C22H19F2N3O3. The number of nitro benzene ring substituents is 1. The van der Waals surface area contributed by atoms with Gasteiger partial charge in [0.1, 0.15) is 17.3 Å². The van der Waals surface area contributed by atoms with Crippen molar-refractivity contribution in [2.24, 2.45) is 0 Å². The first-order chi connectivity index (χ1) is 14.3. The predicted octanol–water partition coefficient (Wildman–Crippen LogP) is 4.53. The molecule has 0 spiro atoms. The molecule has 0 aliphatic carbocycles. The molecule has 3 rings (SSSR count). The second-order valence-corrected chi connectivity index (χ2v) is 6.75. The molecule has 0 heterocycles. The minimum absolute atomic E-state index is 0.0853. The number of hydrogen-bond donors (Lipinski definition) is 1. The van der Waals surface area contributed by atoms with Gasteiger partial charge in [-0.15, -0.1) is 0 Å². The van der Waals surface area contributed by atoms with Crippen LogP contribution in [0.5, 0.6) is 0 Å². The number of hydrogen-bond acceptors (Lipinski definition) is 4. The molecule has 0 saturated carbocycles. The molecule has 154 valence electrons. The zero-order valence-corrected chi connectivity index (χ0v) is 16.1. The first-order valence-corrected chi connectivity index (χ1v) is 9.09. The molecule has 3 aromatic rings. The number of carbonyl (C=O) groups is 1. The standard InChI is InChI=1S/C22H19F2N3O3/c1-26(14-21(28)25-19-12-11-18(24)13-20(19)27(29)30)22(15-5-3-2-4-6-15)16-7-9-17(23)10-8-16/h2-13,22H,14H2,1H3,(H,25,28). The highest BCUT2D eigenvalue weighted by atomic mass is 19.1. The summed E-state index contributed by atoms with van der Waals surface area (Å²) in [5, 5.41) is 13.6. The zero-order valence-electron chi connectivity index (χ0n) is 16.1. The largest absolute Gasteiger partial charge is 0.319 e. The molecule has 0 bridgehead atoms. The smallest absolute Gasteiger partial charge is 0.295 e. The van der Waals surface area contributed by atoms with Crippen LogP contribution in [0.2, 0.25) is 0 Å². The third kappa shape index (κ3) is 5.03. The minimum Gasteiger partial charge on any atom is -0.319 e. The van der Waals surface area contributed by atoms with Crippen LogP contribution >= 0.6 is 0 Å². The lowest BCUT2D eigenvalue weighted by Gasteiger charge is -2.28. The van der Waals surface area contributed by atoms with Crippen LogP contribution in [0.3, 0.4) is 0 Å². The maximum absolute atomic E-state index is 13.4. The Morgan fingerprint density at radius 2 is 1.60 bits per heavy atom. The molecule has 0 radical (unpaired) electrons. The van der Waals surface area contributed by atoms with Crippen LogP contribution in [0, 0.1) is 21.7 Å². The average molecular weight is 411 g/mol. The second-order valence-electron chi connectivity index (χ2n) is 6.75. The van der Waals surface area contributed by atoms with E-state index in [1.54, 1.807) is 24.1 Å². The van der Waals surface area contributed by atoms with E-state index in [0.29, 0.717) is 0 Å². The fraction of sp³-hybridized carbons (Fsp3) is 0.136. The SMILES string of the molecule is CN(CC(=O)Nc1ccc(F)cc1[N+](=O)[O-])C(c1ccccc1)c1ccc(F)cc1. The number of anilines is 1. The molecule has 8 heteroatoms. The number of amides is 1. The lowest BCUT2D eigenvalue weighted by Crippen LogP contribution is -2.34. The lowest BCUT2D eigenvalue weighted by molar-refractivity contribution is -0.384. The number of benzene rings is 3. The van der Waals surface area contributed by atoms with Gasteiger partial charge in [0.25, 0.3) is 5.69 Å². The van der Waals surface area contributed by atoms with Crippen molar-refractivity contribution in [2.75, 3.05) is 18.9 Å². The van der Waals surface area contributed by atoms with Crippen LogP contribution in [0.25, 0.3) is 0 Å². The van der Waals surface area contributed by atoms with Gasteiger partial charge in [0.2, 0.25) is 5.91 Å². The van der Waals surface area contributed by atoms with E-state index in [-0.39, 0.29) is 24.1 Å². The Balaban J connectivity index is 1.82. The summed E-state index contributed by atoms with van der Waals surface area (Å²) in [5.74, 6) is -1.64.